The fourth-order valence-corrected chi connectivity index (χ4v) is 1.31. The third kappa shape index (κ3) is 1.94. The van der Waals surface area contributed by atoms with E-state index in [4.69, 9.17) is 10.00 Å². The zero-order valence-corrected chi connectivity index (χ0v) is 8.50. The lowest BCUT2D eigenvalue weighted by atomic mass is 10.0. The molecule has 0 aromatic heterocycles. The third-order valence-electron chi connectivity index (χ3n) is 2.14. The highest BCUT2D eigenvalue weighted by Gasteiger charge is 2.04. The Bertz CT molecular complexity index is 388. The summed E-state index contributed by atoms with van der Waals surface area (Å²) in [5.74, 6) is 0.863. The third-order valence-corrected chi connectivity index (χ3v) is 2.14. The molecule has 0 saturated heterocycles. The number of aryl methyl sites for hydroxylation is 1. The Hall–Kier alpha value is -1.75. The lowest BCUT2D eigenvalue weighted by Gasteiger charge is -2.07. The first-order valence-electron chi connectivity index (χ1n) is 4.49. The van der Waals surface area contributed by atoms with Crippen molar-refractivity contribution >= 4 is 5.57 Å². The van der Waals surface area contributed by atoms with Gasteiger partial charge in [0.2, 0.25) is 0 Å². The van der Waals surface area contributed by atoms with Gasteiger partial charge in [0.15, 0.2) is 0 Å². The molecule has 72 valence electrons. The van der Waals surface area contributed by atoms with Crippen LogP contribution in [0.3, 0.4) is 0 Å². The molecule has 2 nitrogen and oxygen atoms in total. The van der Waals surface area contributed by atoms with E-state index in [9.17, 15) is 0 Å². The van der Waals surface area contributed by atoms with E-state index in [1.807, 2.05) is 24.3 Å². The molecule has 0 radical (unpaired) electrons. The maximum Gasteiger partial charge on any atom is 0.122 e. The minimum absolute atomic E-state index is 0.488. The molecule has 0 amide bonds. The zero-order chi connectivity index (χ0) is 10.6. The van der Waals surface area contributed by atoms with Crippen LogP contribution in [0.25, 0.3) is 5.57 Å². The molecule has 0 aliphatic heterocycles. The predicted molar refractivity (Wildman–Crippen MR) is 57.0 cm³/mol. The van der Waals surface area contributed by atoms with E-state index in [1.165, 1.54) is 0 Å². The van der Waals surface area contributed by atoms with Gasteiger partial charge in [0, 0.05) is 0 Å². The highest BCUT2D eigenvalue weighted by molar-refractivity contribution is 5.75. The molecule has 0 bridgehead atoms. The predicted octanol–water partition coefficient (Wildman–Crippen LogP) is 2.79. The molecule has 0 heterocycles. The number of allylic oxidation sites excluding steroid dienone is 1. The first-order chi connectivity index (χ1) is 6.72. The molecule has 0 atom stereocenters. The van der Waals surface area contributed by atoms with Gasteiger partial charge in [-0.2, -0.15) is 5.26 Å². The first-order valence-corrected chi connectivity index (χ1v) is 4.49. The number of rotatable bonds is 3. The van der Waals surface area contributed by atoms with Crippen LogP contribution in [-0.4, -0.2) is 7.11 Å². The molecular formula is C12H13NO. The molecule has 0 aliphatic carbocycles. The Balaban J connectivity index is 3.15. The number of ether oxygens (including phenoxy) is 1. The minimum Gasteiger partial charge on any atom is -0.496 e. The average molecular weight is 187 g/mol. The van der Waals surface area contributed by atoms with Crippen LogP contribution in [0.2, 0.25) is 0 Å². The van der Waals surface area contributed by atoms with E-state index >= 15 is 0 Å². The van der Waals surface area contributed by atoms with Crippen molar-refractivity contribution in [2.75, 3.05) is 7.11 Å². The van der Waals surface area contributed by atoms with Gasteiger partial charge in [0.05, 0.1) is 18.8 Å². The maximum absolute atomic E-state index is 8.70. The van der Waals surface area contributed by atoms with Gasteiger partial charge in [-0.05, 0) is 35.7 Å². The quantitative estimate of drug-likeness (QED) is 0.682. The summed E-state index contributed by atoms with van der Waals surface area (Å²) in [5, 5.41) is 8.70. The zero-order valence-electron chi connectivity index (χ0n) is 8.50. The van der Waals surface area contributed by atoms with Crippen molar-refractivity contribution in [3.8, 4) is 11.8 Å². The van der Waals surface area contributed by atoms with E-state index in [0.29, 0.717) is 5.57 Å². The lowest BCUT2D eigenvalue weighted by molar-refractivity contribution is 0.410. The van der Waals surface area contributed by atoms with E-state index < -0.39 is 0 Å². The molecule has 0 fully saturated rings. The highest BCUT2D eigenvalue weighted by atomic mass is 16.5. The largest absolute Gasteiger partial charge is 0.496 e. The second kappa shape index (κ2) is 4.48. The van der Waals surface area contributed by atoms with Crippen LogP contribution in [0.5, 0.6) is 5.75 Å². The minimum atomic E-state index is 0.488. The number of nitrogens with zero attached hydrogens (tertiary/aromatic N) is 1. The van der Waals surface area contributed by atoms with Crippen molar-refractivity contribution in [2.45, 2.75) is 13.3 Å². The topological polar surface area (TPSA) is 33.0 Å². The molecule has 14 heavy (non-hydrogen) atoms. The summed E-state index contributed by atoms with van der Waals surface area (Å²) in [6.45, 7) is 5.72. The van der Waals surface area contributed by atoms with Gasteiger partial charge in [-0.1, -0.05) is 13.5 Å². The van der Waals surface area contributed by atoms with E-state index in [0.717, 1.165) is 23.3 Å². The summed E-state index contributed by atoms with van der Waals surface area (Å²) in [6.07, 6.45) is 0.885. The van der Waals surface area contributed by atoms with Crippen LogP contribution in [0.1, 0.15) is 18.1 Å². The lowest BCUT2D eigenvalue weighted by Crippen LogP contribution is -1.92. The van der Waals surface area contributed by atoms with Gasteiger partial charge in [0.25, 0.3) is 0 Å². The molecule has 1 rings (SSSR count). The van der Waals surface area contributed by atoms with Crippen molar-refractivity contribution < 1.29 is 4.74 Å². The molecular weight excluding hydrogens is 174 g/mol. The fourth-order valence-electron chi connectivity index (χ4n) is 1.31. The van der Waals surface area contributed by atoms with Crippen LogP contribution in [-0.2, 0) is 6.42 Å². The Morgan fingerprint density at radius 1 is 1.57 bits per heavy atom. The van der Waals surface area contributed by atoms with Crippen molar-refractivity contribution in [2.24, 2.45) is 0 Å². The molecule has 1 aromatic carbocycles. The van der Waals surface area contributed by atoms with Crippen LogP contribution < -0.4 is 4.74 Å². The average Bonchev–Trinajstić information content (AvgIpc) is 2.26. The summed E-state index contributed by atoms with van der Waals surface area (Å²) in [4.78, 5) is 0. The molecule has 2 heteroatoms. The Kier molecular flexibility index (Phi) is 3.30. The van der Waals surface area contributed by atoms with Crippen molar-refractivity contribution in [1.29, 1.82) is 5.26 Å². The molecule has 0 unspecified atom stereocenters. The van der Waals surface area contributed by atoms with Gasteiger partial charge in [-0.25, -0.2) is 0 Å². The van der Waals surface area contributed by atoms with Gasteiger partial charge in [0.1, 0.15) is 5.75 Å². The Labute approximate surface area is 84.4 Å². The number of methoxy groups -OCH3 is 1. The van der Waals surface area contributed by atoms with Crippen LogP contribution in [0, 0.1) is 11.3 Å². The maximum atomic E-state index is 8.70. The Morgan fingerprint density at radius 2 is 2.29 bits per heavy atom. The smallest absolute Gasteiger partial charge is 0.122 e. The molecule has 1 aromatic rings. The summed E-state index contributed by atoms with van der Waals surface area (Å²) in [6, 6.07) is 7.71. The van der Waals surface area contributed by atoms with Gasteiger partial charge < -0.3 is 4.74 Å². The first kappa shape index (κ1) is 10.3. The van der Waals surface area contributed by atoms with Crippen LogP contribution >= 0.6 is 0 Å². The van der Waals surface area contributed by atoms with Gasteiger partial charge >= 0.3 is 0 Å². The van der Waals surface area contributed by atoms with E-state index in [1.54, 1.807) is 7.11 Å². The molecule has 0 N–H and O–H groups in total. The van der Waals surface area contributed by atoms with Crippen LogP contribution in [0.4, 0.5) is 0 Å². The number of nitriles is 1. The van der Waals surface area contributed by atoms with E-state index in [-0.39, 0.29) is 0 Å². The second-order valence-corrected chi connectivity index (χ2v) is 2.97. The SMILES string of the molecule is C=C(C#N)c1ccc(OC)c(CC)c1. The number of benzene rings is 1. The van der Waals surface area contributed by atoms with E-state index in [2.05, 4.69) is 13.5 Å². The summed E-state index contributed by atoms with van der Waals surface area (Å²) in [5.41, 5.74) is 2.45. The normalized spacial score (nSPS) is 9.21. The molecule has 0 saturated carbocycles. The number of hydrogen-bond acceptors (Lipinski definition) is 2. The second-order valence-electron chi connectivity index (χ2n) is 2.97. The Morgan fingerprint density at radius 3 is 2.79 bits per heavy atom. The standard InChI is InChI=1S/C12H13NO/c1-4-10-7-11(9(2)8-13)5-6-12(10)14-3/h5-7H,2,4H2,1,3H3. The van der Waals surface area contributed by atoms with Gasteiger partial charge in [-0.3, -0.25) is 0 Å². The monoisotopic (exact) mass is 187 g/mol. The fraction of sp³-hybridized carbons (Fsp3) is 0.250. The summed E-state index contributed by atoms with van der Waals surface area (Å²) >= 11 is 0. The van der Waals surface area contributed by atoms with Crippen molar-refractivity contribution in [1.82, 2.24) is 0 Å². The van der Waals surface area contributed by atoms with Crippen molar-refractivity contribution in [3.63, 3.8) is 0 Å². The van der Waals surface area contributed by atoms with Crippen LogP contribution in [0.15, 0.2) is 24.8 Å². The highest BCUT2D eigenvalue weighted by Crippen LogP contribution is 2.23. The van der Waals surface area contributed by atoms with Gasteiger partial charge in [-0.15, -0.1) is 0 Å². The molecule has 0 spiro atoms. The summed E-state index contributed by atoms with van der Waals surface area (Å²) < 4.78 is 5.19. The summed E-state index contributed by atoms with van der Waals surface area (Å²) in [7, 11) is 1.65. The van der Waals surface area contributed by atoms with Crippen molar-refractivity contribution in [3.05, 3.63) is 35.9 Å². The number of hydrogen-bond donors (Lipinski definition) is 0. The molecule has 0 aliphatic rings.